The first-order valence-electron chi connectivity index (χ1n) is 14.7. The molecule has 2 saturated heterocycles. The number of carboxylic acids is 1. The molecule has 0 radical (unpaired) electrons. The van der Waals surface area contributed by atoms with Gasteiger partial charge in [-0.2, -0.15) is 0 Å². The molecular formula is C32H42F2N2O3. The Morgan fingerprint density at radius 1 is 0.949 bits per heavy atom. The van der Waals surface area contributed by atoms with E-state index in [9.17, 15) is 23.8 Å². The molecule has 5 rings (SSSR count). The first-order valence-corrected chi connectivity index (χ1v) is 14.7. The SMILES string of the molecule is O=C(O)[C@@H](CC1CC1)N1C[C@H](CN2CCC(CCC(CO)c3ccc(F)cc3)CC2)[C@@H](c2cccc(F)c2)C1. The van der Waals surface area contributed by atoms with Crippen LogP contribution in [-0.4, -0.2) is 71.4 Å². The summed E-state index contributed by atoms with van der Waals surface area (Å²) in [6.45, 7) is 4.38. The molecule has 1 unspecified atom stereocenters. The number of benzene rings is 2. The van der Waals surface area contributed by atoms with Gasteiger partial charge in [0.15, 0.2) is 0 Å². The Balaban J connectivity index is 1.17. The van der Waals surface area contributed by atoms with E-state index in [2.05, 4.69) is 9.80 Å². The molecule has 3 aliphatic rings. The third-order valence-electron chi connectivity index (χ3n) is 9.41. The average Bonchev–Trinajstić information content (AvgIpc) is 3.67. The van der Waals surface area contributed by atoms with Gasteiger partial charge in [-0.3, -0.25) is 9.69 Å². The minimum Gasteiger partial charge on any atom is -0.480 e. The van der Waals surface area contributed by atoms with E-state index in [4.69, 9.17) is 0 Å². The lowest BCUT2D eigenvalue weighted by atomic mass is 9.85. The van der Waals surface area contributed by atoms with Gasteiger partial charge in [-0.25, -0.2) is 8.78 Å². The van der Waals surface area contributed by atoms with Crippen LogP contribution in [0.15, 0.2) is 48.5 Å². The van der Waals surface area contributed by atoms with Crippen LogP contribution in [0.4, 0.5) is 8.78 Å². The lowest BCUT2D eigenvalue weighted by Gasteiger charge is -2.35. The summed E-state index contributed by atoms with van der Waals surface area (Å²) in [5, 5.41) is 19.9. The van der Waals surface area contributed by atoms with Gasteiger partial charge in [0.2, 0.25) is 0 Å². The highest BCUT2D eigenvalue weighted by molar-refractivity contribution is 5.73. The van der Waals surface area contributed by atoms with Crippen molar-refractivity contribution in [1.29, 1.82) is 0 Å². The summed E-state index contributed by atoms with van der Waals surface area (Å²) in [6.07, 6.45) is 7.11. The fourth-order valence-corrected chi connectivity index (χ4v) is 6.86. The molecule has 2 heterocycles. The maximum Gasteiger partial charge on any atom is 0.320 e. The van der Waals surface area contributed by atoms with Gasteiger partial charge >= 0.3 is 5.97 Å². The molecule has 2 aromatic rings. The lowest BCUT2D eigenvalue weighted by Crippen LogP contribution is -2.41. The van der Waals surface area contributed by atoms with Gasteiger partial charge < -0.3 is 15.1 Å². The summed E-state index contributed by atoms with van der Waals surface area (Å²) in [7, 11) is 0. The molecular weight excluding hydrogens is 498 g/mol. The molecule has 4 atom stereocenters. The zero-order valence-corrected chi connectivity index (χ0v) is 22.7. The molecule has 1 saturated carbocycles. The minimum absolute atomic E-state index is 0.0398. The fourth-order valence-electron chi connectivity index (χ4n) is 6.86. The molecule has 212 valence electrons. The highest BCUT2D eigenvalue weighted by atomic mass is 19.1. The summed E-state index contributed by atoms with van der Waals surface area (Å²) in [5.41, 5.74) is 1.97. The molecule has 5 nitrogen and oxygen atoms in total. The monoisotopic (exact) mass is 540 g/mol. The standard InChI is InChI=1S/C32H42F2N2O3/c33-28-10-8-24(9-11-28)26(21-37)7-6-22-12-14-35(15-13-22)18-27-19-36(31(32(38)39)16-23-4-5-23)20-30(27)25-2-1-3-29(34)17-25/h1-3,8-11,17,22-23,26-27,30-31,37H,4-7,12-16,18-21H2,(H,38,39)/t26?,27-,30+,31+/m0/s1. The van der Waals surface area contributed by atoms with E-state index in [1.807, 2.05) is 6.07 Å². The quantitative estimate of drug-likeness (QED) is 0.372. The lowest BCUT2D eigenvalue weighted by molar-refractivity contribution is -0.143. The Morgan fingerprint density at radius 3 is 2.33 bits per heavy atom. The van der Waals surface area contributed by atoms with Crippen LogP contribution in [-0.2, 0) is 4.79 Å². The van der Waals surface area contributed by atoms with Crippen LogP contribution < -0.4 is 0 Å². The Labute approximate surface area is 230 Å². The molecule has 2 N–H and O–H groups in total. The van der Waals surface area contributed by atoms with E-state index in [-0.39, 0.29) is 36.0 Å². The van der Waals surface area contributed by atoms with Crippen LogP contribution in [0.3, 0.4) is 0 Å². The van der Waals surface area contributed by atoms with Crippen LogP contribution in [0.5, 0.6) is 0 Å². The van der Waals surface area contributed by atoms with Crippen LogP contribution in [0, 0.1) is 29.4 Å². The van der Waals surface area contributed by atoms with Crippen molar-refractivity contribution in [2.24, 2.45) is 17.8 Å². The Morgan fingerprint density at radius 2 is 1.69 bits per heavy atom. The fraction of sp³-hybridized carbons (Fsp3) is 0.594. The van der Waals surface area contributed by atoms with E-state index in [0.29, 0.717) is 18.4 Å². The number of aliphatic hydroxyl groups is 1. The van der Waals surface area contributed by atoms with Crippen molar-refractivity contribution in [2.45, 2.75) is 62.8 Å². The second-order valence-corrected chi connectivity index (χ2v) is 12.2. The number of hydrogen-bond acceptors (Lipinski definition) is 4. The minimum atomic E-state index is -0.733. The van der Waals surface area contributed by atoms with E-state index in [1.165, 1.54) is 18.2 Å². The average molecular weight is 541 g/mol. The van der Waals surface area contributed by atoms with Gasteiger partial charge in [0, 0.05) is 38.1 Å². The molecule has 0 amide bonds. The normalized spacial score (nSPS) is 24.6. The van der Waals surface area contributed by atoms with Gasteiger partial charge in [0.05, 0.1) is 0 Å². The van der Waals surface area contributed by atoms with Crippen molar-refractivity contribution in [3.05, 3.63) is 71.3 Å². The Hall–Kier alpha value is -2.35. The van der Waals surface area contributed by atoms with Gasteiger partial charge in [0.25, 0.3) is 0 Å². The van der Waals surface area contributed by atoms with Gasteiger partial charge in [0.1, 0.15) is 17.7 Å². The zero-order chi connectivity index (χ0) is 27.4. The summed E-state index contributed by atoms with van der Waals surface area (Å²) < 4.78 is 27.4. The number of aliphatic carboxylic acids is 1. The summed E-state index contributed by atoms with van der Waals surface area (Å²) >= 11 is 0. The number of halogens is 2. The predicted molar refractivity (Wildman–Crippen MR) is 148 cm³/mol. The van der Waals surface area contributed by atoms with E-state index < -0.39 is 12.0 Å². The third-order valence-corrected chi connectivity index (χ3v) is 9.41. The number of aliphatic hydroxyl groups excluding tert-OH is 1. The predicted octanol–water partition coefficient (Wildman–Crippen LogP) is 5.50. The number of carbonyl (C=O) groups is 1. The maximum absolute atomic E-state index is 14.1. The van der Waals surface area contributed by atoms with E-state index in [0.717, 1.165) is 82.3 Å². The number of nitrogens with zero attached hydrogens (tertiary/aromatic N) is 2. The molecule has 0 aromatic heterocycles. The van der Waals surface area contributed by atoms with Crippen molar-refractivity contribution in [3.63, 3.8) is 0 Å². The summed E-state index contributed by atoms with van der Waals surface area (Å²) in [4.78, 5) is 16.8. The van der Waals surface area contributed by atoms with Gasteiger partial charge in [-0.15, -0.1) is 0 Å². The van der Waals surface area contributed by atoms with Crippen molar-refractivity contribution in [1.82, 2.24) is 9.80 Å². The topological polar surface area (TPSA) is 64.0 Å². The van der Waals surface area contributed by atoms with Crippen LogP contribution in [0.2, 0.25) is 0 Å². The van der Waals surface area contributed by atoms with Crippen LogP contribution >= 0.6 is 0 Å². The molecule has 3 fully saturated rings. The largest absolute Gasteiger partial charge is 0.480 e. The molecule has 0 spiro atoms. The second kappa shape index (κ2) is 12.9. The molecule has 2 aliphatic heterocycles. The second-order valence-electron chi connectivity index (χ2n) is 12.2. The van der Waals surface area contributed by atoms with E-state index in [1.54, 1.807) is 24.3 Å². The van der Waals surface area contributed by atoms with Crippen molar-refractivity contribution in [3.8, 4) is 0 Å². The van der Waals surface area contributed by atoms with Gasteiger partial charge in [-0.1, -0.05) is 37.1 Å². The Kier molecular flexibility index (Phi) is 9.31. The number of likely N-dealkylation sites (tertiary alicyclic amines) is 2. The number of piperidine rings is 1. The van der Waals surface area contributed by atoms with Crippen LogP contribution in [0.1, 0.15) is 67.9 Å². The summed E-state index contributed by atoms with van der Waals surface area (Å²) in [6, 6.07) is 12.9. The molecule has 7 heteroatoms. The first kappa shape index (κ1) is 28.2. The smallest absolute Gasteiger partial charge is 0.320 e. The number of rotatable bonds is 12. The summed E-state index contributed by atoms with van der Waals surface area (Å²) in [5.74, 6) is 0.340. The zero-order valence-electron chi connectivity index (χ0n) is 22.7. The van der Waals surface area contributed by atoms with Crippen LogP contribution in [0.25, 0.3) is 0 Å². The third kappa shape index (κ3) is 7.44. The molecule has 0 bridgehead atoms. The highest BCUT2D eigenvalue weighted by Gasteiger charge is 2.42. The van der Waals surface area contributed by atoms with Crippen molar-refractivity contribution in [2.75, 3.05) is 39.3 Å². The Bertz CT molecular complexity index is 1090. The molecule has 1 aliphatic carbocycles. The maximum atomic E-state index is 14.1. The molecule has 39 heavy (non-hydrogen) atoms. The van der Waals surface area contributed by atoms with Gasteiger partial charge in [-0.05, 0) is 98.3 Å². The first-order chi connectivity index (χ1) is 18.9. The number of carboxylic acid groups (broad SMARTS) is 1. The van der Waals surface area contributed by atoms with Crippen molar-refractivity contribution < 1.29 is 23.8 Å². The highest BCUT2D eigenvalue weighted by Crippen LogP contribution is 2.40. The van der Waals surface area contributed by atoms with Crippen molar-refractivity contribution >= 4 is 5.97 Å². The molecule has 2 aromatic carbocycles. The van der Waals surface area contributed by atoms with E-state index >= 15 is 0 Å². The number of hydrogen-bond donors (Lipinski definition) is 2.